The van der Waals surface area contributed by atoms with Gasteiger partial charge in [0.15, 0.2) is 5.78 Å². The van der Waals surface area contributed by atoms with E-state index in [4.69, 9.17) is 0 Å². The highest BCUT2D eigenvalue weighted by molar-refractivity contribution is 5.96. The third-order valence-electron chi connectivity index (χ3n) is 4.15. The van der Waals surface area contributed by atoms with Crippen molar-refractivity contribution in [2.24, 2.45) is 0 Å². The lowest BCUT2D eigenvalue weighted by atomic mass is 10.1. The maximum Gasteiger partial charge on any atom is 0.241 e. The number of rotatable bonds is 6. The monoisotopic (exact) mass is 324 g/mol. The molecule has 1 atom stereocenters. The molecule has 0 fully saturated rings. The zero-order chi connectivity index (χ0) is 17.7. The lowest BCUT2D eigenvalue weighted by Crippen LogP contribution is -2.39. The van der Waals surface area contributed by atoms with Crippen LogP contribution in [-0.2, 0) is 11.3 Å². The van der Waals surface area contributed by atoms with Crippen molar-refractivity contribution in [2.75, 3.05) is 12.4 Å². The number of carbonyl (C=O) groups is 2. The van der Waals surface area contributed by atoms with E-state index in [2.05, 4.69) is 36.5 Å². The van der Waals surface area contributed by atoms with Gasteiger partial charge in [-0.05, 0) is 57.6 Å². The van der Waals surface area contributed by atoms with Crippen LogP contribution in [0.3, 0.4) is 0 Å². The number of hydrogen-bond acceptors (Lipinski definition) is 3. The maximum absolute atomic E-state index is 12.4. The molecule has 0 heterocycles. The summed E-state index contributed by atoms with van der Waals surface area (Å²) in [5.41, 5.74) is 3.73. The van der Waals surface area contributed by atoms with Crippen molar-refractivity contribution in [2.45, 2.75) is 33.4 Å². The molecule has 4 heteroatoms. The molecule has 0 aliphatic heterocycles. The first-order valence-electron chi connectivity index (χ1n) is 8.04. The molecule has 0 radical (unpaired) electrons. The number of ketones is 1. The molecule has 126 valence electrons. The van der Waals surface area contributed by atoms with Gasteiger partial charge in [0.05, 0.1) is 6.04 Å². The topological polar surface area (TPSA) is 49.4 Å². The van der Waals surface area contributed by atoms with E-state index in [1.807, 2.05) is 18.9 Å². The van der Waals surface area contributed by atoms with Crippen LogP contribution >= 0.6 is 0 Å². The minimum Gasteiger partial charge on any atom is -0.325 e. The third kappa shape index (κ3) is 4.77. The molecule has 0 bridgehead atoms. The predicted octanol–water partition coefficient (Wildman–Crippen LogP) is 3.66. The van der Waals surface area contributed by atoms with Crippen LogP contribution in [0.5, 0.6) is 0 Å². The molecule has 24 heavy (non-hydrogen) atoms. The smallest absolute Gasteiger partial charge is 0.241 e. The molecule has 4 nitrogen and oxygen atoms in total. The van der Waals surface area contributed by atoms with Gasteiger partial charge in [-0.1, -0.05) is 29.8 Å². The summed E-state index contributed by atoms with van der Waals surface area (Å²) in [5.74, 6) is -0.0562. The third-order valence-corrected chi connectivity index (χ3v) is 4.15. The van der Waals surface area contributed by atoms with Crippen LogP contribution in [0, 0.1) is 6.92 Å². The zero-order valence-corrected chi connectivity index (χ0v) is 14.7. The van der Waals surface area contributed by atoms with Gasteiger partial charge in [-0.15, -0.1) is 0 Å². The van der Waals surface area contributed by atoms with Gasteiger partial charge in [-0.2, -0.15) is 0 Å². The van der Waals surface area contributed by atoms with Crippen LogP contribution in [0.2, 0.25) is 0 Å². The zero-order valence-electron chi connectivity index (χ0n) is 14.7. The van der Waals surface area contributed by atoms with E-state index < -0.39 is 0 Å². The normalized spacial score (nSPS) is 12.0. The summed E-state index contributed by atoms with van der Waals surface area (Å²) in [7, 11) is 1.93. The first kappa shape index (κ1) is 17.9. The molecule has 1 N–H and O–H groups in total. The van der Waals surface area contributed by atoms with Gasteiger partial charge in [0.1, 0.15) is 0 Å². The average molecular weight is 324 g/mol. The van der Waals surface area contributed by atoms with Gasteiger partial charge in [0.2, 0.25) is 5.91 Å². The molecule has 0 saturated heterocycles. The van der Waals surface area contributed by atoms with Gasteiger partial charge < -0.3 is 5.32 Å². The molecule has 1 unspecified atom stereocenters. The highest BCUT2D eigenvalue weighted by Crippen LogP contribution is 2.13. The second-order valence-electron chi connectivity index (χ2n) is 6.20. The Morgan fingerprint density at radius 1 is 1.04 bits per heavy atom. The standard InChI is InChI=1S/C20H24N2O2/c1-14-5-7-17(8-6-14)13-22(4)15(2)20(24)21-19-11-9-18(10-12-19)16(3)23/h5-12,15H,13H2,1-4H3,(H,21,24). The van der Waals surface area contributed by atoms with Crippen molar-refractivity contribution >= 4 is 17.4 Å². The Morgan fingerprint density at radius 2 is 1.62 bits per heavy atom. The second kappa shape index (κ2) is 7.88. The van der Waals surface area contributed by atoms with Gasteiger partial charge in [-0.25, -0.2) is 0 Å². The lowest BCUT2D eigenvalue weighted by molar-refractivity contribution is -0.120. The van der Waals surface area contributed by atoms with E-state index in [0.29, 0.717) is 17.8 Å². The second-order valence-corrected chi connectivity index (χ2v) is 6.20. The van der Waals surface area contributed by atoms with Crippen LogP contribution in [0.25, 0.3) is 0 Å². The van der Waals surface area contributed by atoms with Gasteiger partial charge in [0, 0.05) is 17.8 Å². The first-order valence-corrected chi connectivity index (χ1v) is 8.04. The van der Waals surface area contributed by atoms with Crippen molar-refractivity contribution in [1.82, 2.24) is 4.90 Å². The van der Waals surface area contributed by atoms with E-state index >= 15 is 0 Å². The molecule has 0 aliphatic rings. The summed E-state index contributed by atoms with van der Waals surface area (Å²) in [5, 5.41) is 2.89. The van der Waals surface area contributed by atoms with Crippen molar-refractivity contribution in [3.8, 4) is 0 Å². The molecule has 0 aliphatic carbocycles. The molecular formula is C20H24N2O2. The Labute approximate surface area is 143 Å². The van der Waals surface area contributed by atoms with E-state index in [0.717, 1.165) is 0 Å². The molecule has 0 spiro atoms. The van der Waals surface area contributed by atoms with Crippen LogP contribution in [-0.4, -0.2) is 29.7 Å². The summed E-state index contributed by atoms with van der Waals surface area (Å²) in [4.78, 5) is 25.7. The number of Topliss-reactive ketones (excluding diaryl/α,β-unsaturated/α-hetero) is 1. The fraction of sp³-hybridized carbons (Fsp3) is 0.300. The molecule has 0 aromatic heterocycles. The Morgan fingerprint density at radius 3 is 2.17 bits per heavy atom. The molecule has 0 saturated carbocycles. The van der Waals surface area contributed by atoms with E-state index in [1.54, 1.807) is 24.3 Å². The van der Waals surface area contributed by atoms with Gasteiger partial charge in [-0.3, -0.25) is 14.5 Å². The summed E-state index contributed by atoms with van der Waals surface area (Å²) in [6.07, 6.45) is 0. The lowest BCUT2D eigenvalue weighted by Gasteiger charge is -2.24. The quantitative estimate of drug-likeness (QED) is 0.825. The van der Waals surface area contributed by atoms with E-state index in [-0.39, 0.29) is 17.7 Å². The number of carbonyl (C=O) groups excluding carboxylic acids is 2. The van der Waals surface area contributed by atoms with Crippen LogP contribution in [0.1, 0.15) is 35.3 Å². The Balaban J connectivity index is 1.95. The Kier molecular flexibility index (Phi) is 5.88. The number of nitrogens with one attached hydrogen (secondary N) is 1. The predicted molar refractivity (Wildman–Crippen MR) is 97.2 cm³/mol. The van der Waals surface area contributed by atoms with Gasteiger partial charge in [0.25, 0.3) is 0 Å². The number of anilines is 1. The number of hydrogen-bond donors (Lipinski definition) is 1. The fourth-order valence-electron chi connectivity index (χ4n) is 2.35. The highest BCUT2D eigenvalue weighted by Gasteiger charge is 2.18. The summed E-state index contributed by atoms with van der Waals surface area (Å²) in [6, 6.07) is 15.0. The van der Waals surface area contributed by atoms with Crippen molar-refractivity contribution in [1.29, 1.82) is 0 Å². The Hall–Kier alpha value is -2.46. The van der Waals surface area contributed by atoms with E-state index in [9.17, 15) is 9.59 Å². The molecule has 2 aromatic carbocycles. The maximum atomic E-state index is 12.4. The largest absolute Gasteiger partial charge is 0.325 e. The molecule has 2 aromatic rings. The summed E-state index contributed by atoms with van der Waals surface area (Å²) < 4.78 is 0. The number of likely N-dealkylation sites (N-methyl/N-ethyl adjacent to an activating group) is 1. The summed E-state index contributed by atoms with van der Waals surface area (Å²) in [6.45, 7) is 6.17. The van der Waals surface area contributed by atoms with E-state index in [1.165, 1.54) is 18.1 Å². The number of aryl methyl sites for hydroxylation is 1. The molecular weight excluding hydrogens is 300 g/mol. The highest BCUT2D eigenvalue weighted by atomic mass is 16.2. The van der Waals surface area contributed by atoms with Crippen LogP contribution < -0.4 is 5.32 Å². The Bertz CT molecular complexity index is 705. The number of benzene rings is 2. The molecule has 2 rings (SSSR count). The fourth-order valence-corrected chi connectivity index (χ4v) is 2.35. The number of nitrogens with zero attached hydrogens (tertiary/aromatic N) is 1. The van der Waals surface area contributed by atoms with Crippen molar-refractivity contribution < 1.29 is 9.59 Å². The van der Waals surface area contributed by atoms with Crippen molar-refractivity contribution in [3.05, 3.63) is 65.2 Å². The van der Waals surface area contributed by atoms with Gasteiger partial charge >= 0.3 is 0 Å². The first-order chi connectivity index (χ1) is 11.4. The van der Waals surface area contributed by atoms with Crippen LogP contribution in [0.4, 0.5) is 5.69 Å². The molecule has 1 amide bonds. The number of amides is 1. The minimum absolute atomic E-state index is 0.0130. The van der Waals surface area contributed by atoms with Crippen LogP contribution in [0.15, 0.2) is 48.5 Å². The van der Waals surface area contributed by atoms with Crippen molar-refractivity contribution in [3.63, 3.8) is 0 Å². The minimum atomic E-state index is -0.265. The average Bonchev–Trinajstić information content (AvgIpc) is 2.56. The summed E-state index contributed by atoms with van der Waals surface area (Å²) >= 11 is 0. The SMILES string of the molecule is CC(=O)c1ccc(NC(=O)C(C)N(C)Cc2ccc(C)cc2)cc1.